The molecule has 3 heteroatoms. The average molecular weight is 307 g/mol. The number of hydrogen-bond donors (Lipinski definition) is 2. The molecule has 0 saturated heterocycles. The zero-order valence-corrected chi connectivity index (χ0v) is 14.2. The van der Waals surface area contributed by atoms with Crippen LogP contribution < -0.4 is 10.6 Å². The molecule has 0 spiro atoms. The summed E-state index contributed by atoms with van der Waals surface area (Å²) in [6, 6.07) is 1.29. The van der Waals surface area contributed by atoms with Crippen molar-refractivity contribution in [3.63, 3.8) is 0 Å². The normalized spacial score (nSPS) is 41.9. The van der Waals surface area contributed by atoms with Crippen LogP contribution in [0.15, 0.2) is 0 Å². The van der Waals surface area contributed by atoms with Crippen LogP contribution in [0.25, 0.3) is 0 Å². The third kappa shape index (κ3) is 2.83. The summed E-state index contributed by atoms with van der Waals surface area (Å²) in [7, 11) is 0. The van der Waals surface area contributed by atoms with Crippen molar-refractivity contribution in [1.29, 1.82) is 0 Å². The number of thiocarbonyl (C=S) groups is 1. The van der Waals surface area contributed by atoms with E-state index < -0.39 is 0 Å². The molecule has 0 aromatic heterocycles. The molecule has 5 aliphatic rings. The number of hydrogen-bond acceptors (Lipinski definition) is 1. The zero-order valence-electron chi connectivity index (χ0n) is 13.4. The van der Waals surface area contributed by atoms with Crippen molar-refractivity contribution in [1.82, 2.24) is 10.6 Å². The minimum Gasteiger partial charge on any atom is -0.360 e. The van der Waals surface area contributed by atoms with E-state index in [1.165, 1.54) is 64.2 Å². The maximum absolute atomic E-state index is 5.59. The Balaban J connectivity index is 1.48. The van der Waals surface area contributed by atoms with Crippen LogP contribution in [-0.4, -0.2) is 17.2 Å². The van der Waals surface area contributed by atoms with Gasteiger partial charge in [-0.3, -0.25) is 0 Å². The Morgan fingerprint density at radius 2 is 1.67 bits per heavy atom. The van der Waals surface area contributed by atoms with E-state index >= 15 is 0 Å². The van der Waals surface area contributed by atoms with Gasteiger partial charge in [-0.1, -0.05) is 13.3 Å². The average Bonchev–Trinajstić information content (AvgIpc) is 3.20. The summed E-state index contributed by atoms with van der Waals surface area (Å²) in [5.74, 6) is 3.09. The molecule has 2 N–H and O–H groups in total. The molecule has 21 heavy (non-hydrogen) atoms. The molecule has 1 unspecified atom stereocenters. The van der Waals surface area contributed by atoms with E-state index in [0.29, 0.717) is 17.5 Å². The van der Waals surface area contributed by atoms with Crippen LogP contribution in [-0.2, 0) is 0 Å². The van der Waals surface area contributed by atoms with E-state index in [2.05, 4.69) is 17.6 Å². The third-order valence-electron chi connectivity index (χ3n) is 6.62. The van der Waals surface area contributed by atoms with Crippen LogP contribution in [0.5, 0.6) is 0 Å². The largest absolute Gasteiger partial charge is 0.360 e. The summed E-state index contributed by atoms with van der Waals surface area (Å²) in [6.45, 7) is 2.33. The first-order valence-electron chi connectivity index (χ1n) is 9.24. The first-order chi connectivity index (χ1) is 10.2. The quantitative estimate of drug-likeness (QED) is 0.751. The van der Waals surface area contributed by atoms with E-state index in [-0.39, 0.29) is 0 Å². The minimum atomic E-state index is 0.569. The van der Waals surface area contributed by atoms with Crippen LogP contribution in [0.4, 0.5) is 0 Å². The third-order valence-corrected chi connectivity index (χ3v) is 6.86. The summed E-state index contributed by atoms with van der Waals surface area (Å²) in [5.41, 5.74) is 0.569. The predicted molar refractivity (Wildman–Crippen MR) is 91.2 cm³/mol. The van der Waals surface area contributed by atoms with Gasteiger partial charge in [0.05, 0.1) is 0 Å². The van der Waals surface area contributed by atoms with Crippen LogP contribution >= 0.6 is 12.2 Å². The molecule has 5 rings (SSSR count). The summed E-state index contributed by atoms with van der Waals surface area (Å²) in [5, 5.41) is 8.20. The molecule has 5 aliphatic carbocycles. The van der Waals surface area contributed by atoms with E-state index in [1.807, 2.05) is 0 Å². The fraction of sp³-hybridized carbons (Fsp3) is 0.944. The smallest absolute Gasteiger partial charge is 0.166 e. The van der Waals surface area contributed by atoms with Crippen molar-refractivity contribution in [2.45, 2.75) is 83.2 Å². The summed E-state index contributed by atoms with van der Waals surface area (Å²) >= 11 is 5.59. The van der Waals surface area contributed by atoms with Crippen LogP contribution in [0.1, 0.15) is 71.1 Å². The van der Waals surface area contributed by atoms with Crippen molar-refractivity contribution in [2.24, 2.45) is 23.2 Å². The molecular formula is C18H30N2S. The SMILES string of the molecule is CCCC(NC(=S)NC1CC1)C12CC3CC(CC(C3)C1)C2. The van der Waals surface area contributed by atoms with Gasteiger partial charge in [0.1, 0.15) is 0 Å². The summed E-state index contributed by atoms with van der Waals surface area (Å²) in [4.78, 5) is 0. The van der Waals surface area contributed by atoms with E-state index in [9.17, 15) is 0 Å². The van der Waals surface area contributed by atoms with Crippen LogP contribution in [0.3, 0.4) is 0 Å². The maximum Gasteiger partial charge on any atom is 0.166 e. The fourth-order valence-electron chi connectivity index (χ4n) is 6.04. The Bertz CT molecular complexity index is 380. The number of nitrogens with one attached hydrogen (secondary N) is 2. The Morgan fingerprint density at radius 3 is 2.14 bits per heavy atom. The highest BCUT2D eigenvalue weighted by molar-refractivity contribution is 7.80. The van der Waals surface area contributed by atoms with Gasteiger partial charge in [0.15, 0.2) is 5.11 Å². The molecular weight excluding hydrogens is 276 g/mol. The van der Waals surface area contributed by atoms with E-state index in [1.54, 1.807) is 0 Å². The maximum atomic E-state index is 5.59. The lowest BCUT2D eigenvalue weighted by Gasteiger charge is -2.59. The molecule has 0 heterocycles. The highest BCUT2D eigenvalue weighted by Gasteiger charge is 2.54. The van der Waals surface area contributed by atoms with Gasteiger partial charge in [0.2, 0.25) is 0 Å². The van der Waals surface area contributed by atoms with Gasteiger partial charge in [-0.2, -0.15) is 0 Å². The van der Waals surface area contributed by atoms with Crippen molar-refractivity contribution in [2.75, 3.05) is 0 Å². The van der Waals surface area contributed by atoms with Crippen LogP contribution in [0.2, 0.25) is 0 Å². The lowest BCUT2D eigenvalue weighted by molar-refractivity contribution is -0.0720. The lowest BCUT2D eigenvalue weighted by Crippen LogP contribution is -2.58. The van der Waals surface area contributed by atoms with Gasteiger partial charge < -0.3 is 10.6 Å². The van der Waals surface area contributed by atoms with Gasteiger partial charge in [-0.05, 0) is 93.2 Å². The molecule has 0 aromatic rings. The van der Waals surface area contributed by atoms with Gasteiger partial charge in [-0.25, -0.2) is 0 Å². The van der Waals surface area contributed by atoms with E-state index in [0.717, 1.165) is 22.9 Å². The second-order valence-electron chi connectivity index (χ2n) is 8.51. The van der Waals surface area contributed by atoms with Crippen molar-refractivity contribution < 1.29 is 0 Å². The predicted octanol–water partition coefficient (Wildman–Crippen LogP) is 4.00. The topological polar surface area (TPSA) is 24.1 Å². The molecule has 5 fully saturated rings. The van der Waals surface area contributed by atoms with Crippen molar-refractivity contribution >= 4 is 17.3 Å². The Labute approximate surface area is 134 Å². The summed E-state index contributed by atoms with van der Waals surface area (Å²) < 4.78 is 0. The Morgan fingerprint density at radius 1 is 1.10 bits per heavy atom. The second-order valence-corrected chi connectivity index (χ2v) is 8.92. The van der Waals surface area contributed by atoms with Crippen molar-refractivity contribution in [3.8, 4) is 0 Å². The first-order valence-corrected chi connectivity index (χ1v) is 9.65. The Kier molecular flexibility index (Phi) is 3.68. The fourth-order valence-corrected chi connectivity index (χ4v) is 6.35. The molecule has 0 radical (unpaired) electrons. The molecule has 5 saturated carbocycles. The minimum absolute atomic E-state index is 0.569. The van der Waals surface area contributed by atoms with Gasteiger partial charge in [-0.15, -0.1) is 0 Å². The molecule has 0 aliphatic heterocycles. The van der Waals surface area contributed by atoms with Crippen LogP contribution in [0, 0.1) is 23.2 Å². The lowest BCUT2D eigenvalue weighted by atomic mass is 9.47. The van der Waals surface area contributed by atoms with Gasteiger partial charge in [0, 0.05) is 12.1 Å². The molecule has 0 aromatic carbocycles. The molecule has 1 atom stereocenters. The standard InChI is InChI=1S/C18H30N2S/c1-2-3-16(20-17(21)19-15-4-5-15)18-9-12-6-13(10-18)8-14(7-12)11-18/h12-16H,2-11H2,1H3,(H2,19,20,21). The van der Waals surface area contributed by atoms with E-state index in [4.69, 9.17) is 12.2 Å². The highest BCUT2D eigenvalue weighted by atomic mass is 32.1. The zero-order chi connectivity index (χ0) is 14.4. The van der Waals surface area contributed by atoms with Crippen molar-refractivity contribution in [3.05, 3.63) is 0 Å². The second kappa shape index (κ2) is 5.40. The molecule has 0 amide bonds. The van der Waals surface area contributed by atoms with Gasteiger partial charge in [0.25, 0.3) is 0 Å². The molecule has 2 nitrogen and oxygen atoms in total. The van der Waals surface area contributed by atoms with Gasteiger partial charge >= 0.3 is 0 Å². The number of rotatable bonds is 5. The Hall–Kier alpha value is -0.310. The molecule has 118 valence electrons. The molecule has 4 bridgehead atoms. The summed E-state index contributed by atoms with van der Waals surface area (Å²) in [6.07, 6.45) is 14.2. The monoisotopic (exact) mass is 306 g/mol. The first kappa shape index (κ1) is 14.3. The highest BCUT2D eigenvalue weighted by Crippen LogP contribution is 2.61.